The molecule has 0 bridgehead atoms. The van der Waals surface area contributed by atoms with Crippen LogP contribution in [0.3, 0.4) is 0 Å². The van der Waals surface area contributed by atoms with E-state index in [2.05, 4.69) is 37.8 Å². The fraction of sp³-hybridized carbons (Fsp3) is 0.333. The normalized spacial score (nSPS) is 9.92. The maximum absolute atomic E-state index is 3.81. The molecule has 0 aliphatic rings. The largest absolute Gasteiger partial charge is 0.157 e. The van der Waals surface area contributed by atoms with E-state index in [1.54, 1.807) is 0 Å². The number of hydrogen-bond donors (Lipinski definition) is 0. The third kappa shape index (κ3) is 3.27. The van der Waals surface area contributed by atoms with Crippen LogP contribution in [-0.2, 0) is 5.75 Å². The van der Waals surface area contributed by atoms with Crippen LogP contribution in [0, 0.1) is 0 Å². The minimum Gasteiger partial charge on any atom is -0.157 e. The second-order valence-corrected chi connectivity index (χ2v) is 4.06. The Labute approximate surface area is 85.1 Å². The molecule has 0 heterocycles. The van der Waals surface area contributed by atoms with Crippen molar-refractivity contribution in [3.8, 4) is 0 Å². The smallest absolute Gasteiger partial charge is 0.0190 e. The highest BCUT2D eigenvalue weighted by Crippen LogP contribution is 2.17. The van der Waals surface area contributed by atoms with Crippen molar-refractivity contribution in [1.82, 2.24) is 0 Å². The predicted octanol–water partition coefficient (Wildman–Crippen LogP) is 3.97. The van der Waals surface area contributed by atoms with Gasteiger partial charge >= 0.3 is 0 Å². The Bertz CT molecular complexity index is 266. The molecular formula is C12H16S. The quantitative estimate of drug-likeness (QED) is 0.636. The molecule has 1 rings (SSSR count). The van der Waals surface area contributed by atoms with Gasteiger partial charge in [0.05, 0.1) is 0 Å². The zero-order valence-corrected chi connectivity index (χ0v) is 8.94. The van der Waals surface area contributed by atoms with Gasteiger partial charge in [-0.25, -0.2) is 0 Å². The van der Waals surface area contributed by atoms with E-state index in [0.717, 1.165) is 5.75 Å². The zero-order valence-electron chi connectivity index (χ0n) is 8.12. The van der Waals surface area contributed by atoms with Crippen LogP contribution >= 0.6 is 11.8 Å². The molecule has 13 heavy (non-hydrogen) atoms. The molecule has 0 aromatic heterocycles. The average Bonchev–Trinajstić information content (AvgIpc) is 2.19. The summed E-state index contributed by atoms with van der Waals surface area (Å²) in [6.07, 6.45) is 3.18. The lowest BCUT2D eigenvalue weighted by molar-refractivity contribution is 1.10. The third-order valence-electron chi connectivity index (χ3n) is 1.88. The van der Waals surface area contributed by atoms with Gasteiger partial charge in [-0.1, -0.05) is 43.8 Å². The molecule has 0 saturated carbocycles. The molecule has 0 aliphatic heterocycles. The van der Waals surface area contributed by atoms with E-state index < -0.39 is 0 Å². The molecule has 1 aromatic rings. The summed E-state index contributed by atoms with van der Waals surface area (Å²) in [4.78, 5) is 0. The fourth-order valence-electron chi connectivity index (χ4n) is 1.19. The minimum absolute atomic E-state index is 1.11. The second-order valence-electron chi connectivity index (χ2n) is 2.96. The third-order valence-corrected chi connectivity index (χ3v) is 3.09. The highest BCUT2D eigenvalue weighted by atomic mass is 32.2. The molecule has 0 unspecified atom stereocenters. The standard InChI is InChI=1S/C12H16S/c1-3-9-13-10-12-8-6-5-7-11(12)4-2/h4-8H,2-3,9-10H2,1H3. The number of benzene rings is 1. The fourth-order valence-corrected chi connectivity index (χ4v) is 2.11. The van der Waals surface area contributed by atoms with E-state index >= 15 is 0 Å². The summed E-state index contributed by atoms with van der Waals surface area (Å²) >= 11 is 1.99. The van der Waals surface area contributed by atoms with Crippen molar-refractivity contribution in [2.45, 2.75) is 19.1 Å². The summed E-state index contributed by atoms with van der Waals surface area (Å²) in [5.41, 5.74) is 2.67. The molecule has 0 aliphatic carbocycles. The van der Waals surface area contributed by atoms with E-state index in [-0.39, 0.29) is 0 Å². The van der Waals surface area contributed by atoms with Crippen LogP contribution in [0.5, 0.6) is 0 Å². The van der Waals surface area contributed by atoms with Gasteiger partial charge in [0.25, 0.3) is 0 Å². The Morgan fingerprint density at radius 1 is 1.38 bits per heavy atom. The SMILES string of the molecule is C=Cc1ccccc1CSCCC. The molecule has 0 nitrogen and oxygen atoms in total. The van der Waals surface area contributed by atoms with Crippen molar-refractivity contribution >= 4 is 17.8 Å². The summed E-state index contributed by atoms with van der Waals surface area (Å²) in [6, 6.07) is 8.45. The van der Waals surface area contributed by atoms with Gasteiger partial charge in [-0.2, -0.15) is 11.8 Å². The van der Waals surface area contributed by atoms with Gasteiger partial charge in [-0.15, -0.1) is 0 Å². The Kier molecular flexibility index (Phi) is 4.69. The van der Waals surface area contributed by atoms with Crippen molar-refractivity contribution in [2.75, 3.05) is 5.75 Å². The van der Waals surface area contributed by atoms with Gasteiger partial charge in [0, 0.05) is 5.75 Å². The summed E-state index contributed by atoms with van der Waals surface area (Å²) < 4.78 is 0. The van der Waals surface area contributed by atoms with Gasteiger partial charge < -0.3 is 0 Å². The molecule has 1 aromatic carbocycles. The molecular weight excluding hydrogens is 176 g/mol. The Hall–Kier alpha value is -0.690. The van der Waals surface area contributed by atoms with Crippen LogP contribution in [0.4, 0.5) is 0 Å². The highest BCUT2D eigenvalue weighted by molar-refractivity contribution is 7.98. The van der Waals surface area contributed by atoms with Crippen LogP contribution < -0.4 is 0 Å². The summed E-state index contributed by atoms with van der Waals surface area (Å²) in [5, 5.41) is 0. The van der Waals surface area contributed by atoms with Gasteiger partial charge in [-0.05, 0) is 23.3 Å². The minimum atomic E-state index is 1.11. The lowest BCUT2D eigenvalue weighted by Gasteiger charge is -2.04. The molecule has 0 saturated heterocycles. The number of hydrogen-bond acceptors (Lipinski definition) is 1. The van der Waals surface area contributed by atoms with Crippen LogP contribution in [0.15, 0.2) is 30.8 Å². The van der Waals surface area contributed by atoms with E-state index in [0.29, 0.717) is 0 Å². The number of thioether (sulfide) groups is 1. The van der Waals surface area contributed by atoms with E-state index in [9.17, 15) is 0 Å². The Morgan fingerprint density at radius 3 is 2.85 bits per heavy atom. The monoisotopic (exact) mass is 192 g/mol. The van der Waals surface area contributed by atoms with Crippen molar-refractivity contribution < 1.29 is 0 Å². The maximum Gasteiger partial charge on any atom is 0.0190 e. The topological polar surface area (TPSA) is 0 Å². The first-order chi connectivity index (χ1) is 6.38. The first-order valence-corrected chi connectivity index (χ1v) is 5.82. The van der Waals surface area contributed by atoms with Crippen molar-refractivity contribution in [1.29, 1.82) is 0 Å². The summed E-state index contributed by atoms with van der Waals surface area (Å²) in [7, 11) is 0. The average molecular weight is 192 g/mol. The Balaban J connectivity index is 2.59. The van der Waals surface area contributed by atoms with Crippen LogP contribution in [0.1, 0.15) is 24.5 Å². The van der Waals surface area contributed by atoms with Crippen LogP contribution in [-0.4, -0.2) is 5.75 Å². The first-order valence-electron chi connectivity index (χ1n) is 4.66. The zero-order chi connectivity index (χ0) is 9.52. The predicted molar refractivity (Wildman–Crippen MR) is 63.0 cm³/mol. The van der Waals surface area contributed by atoms with Crippen molar-refractivity contribution in [3.05, 3.63) is 42.0 Å². The maximum atomic E-state index is 3.81. The molecule has 0 fully saturated rings. The molecule has 0 amide bonds. The Morgan fingerprint density at radius 2 is 2.15 bits per heavy atom. The van der Waals surface area contributed by atoms with Crippen molar-refractivity contribution in [2.24, 2.45) is 0 Å². The van der Waals surface area contributed by atoms with Crippen LogP contribution in [0.2, 0.25) is 0 Å². The summed E-state index contributed by atoms with van der Waals surface area (Å²) in [5.74, 6) is 2.35. The van der Waals surface area contributed by atoms with Gasteiger partial charge in [0.2, 0.25) is 0 Å². The summed E-state index contributed by atoms with van der Waals surface area (Å²) in [6.45, 7) is 6.03. The van der Waals surface area contributed by atoms with Gasteiger partial charge in [-0.3, -0.25) is 0 Å². The molecule has 70 valence electrons. The molecule has 0 spiro atoms. The molecule has 1 heteroatoms. The lowest BCUT2D eigenvalue weighted by atomic mass is 10.1. The molecule has 0 N–H and O–H groups in total. The first kappa shape index (κ1) is 10.4. The van der Waals surface area contributed by atoms with Gasteiger partial charge in [0.1, 0.15) is 0 Å². The van der Waals surface area contributed by atoms with E-state index in [1.165, 1.54) is 23.3 Å². The van der Waals surface area contributed by atoms with Crippen LogP contribution in [0.25, 0.3) is 6.08 Å². The van der Waals surface area contributed by atoms with Gasteiger partial charge in [0.15, 0.2) is 0 Å². The highest BCUT2D eigenvalue weighted by Gasteiger charge is 1.96. The van der Waals surface area contributed by atoms with E-state index in [1.807, 2.05) is 17.8 Å². The van der Waals surface area contributed by atoms with E-state index in [4.69, 9.17) is 0 Å². The second kappa shape index (κ2) is 5.87. The number of rotatable bonds is 5. The molecule has 0 atom stereocenters. The lowest BCUT2D eigenvalue weighted by Crippen LogP contribution is -1.86. The molecule has 0 radical (unpaired) electrons. The van der Waals surface area contributed by atoms with Crippen molar-refractivity contribution in [3.63, 3.8) is 0 Å².